The number of benzene rings is 1. The molecule has 0 aliphatic heterocycles. The van der Waals surface area contributed by atoms with Crippen LogP contribution in [-0.4, -0.2) is 12.1 Å². The van der Waals surface area contributed by atoms with E-state index in [-0.39, 0.29) is 5.54 Å². The minimum absolute atomic E-state index is 0.159. The maximum absolute atomic E-state index is 6.13. The van der Waals surface area contributed by atoms with Crippen molar-refractivity contribution in [2.75, 3.05) is 6.54 Å². The average molecular weight is 282 g/mol. The summed E-state index contributed by atoms with van der Waals surface area (Å²) >= 11 is 6.13. The van der Waals surface area contributed by atoms with Crippen LogP contribution in [0.3, 0.4) is 0 Å². The van der Waals surface area contributed by atoms with Crippen LogP contribution in [0.25, 0.3) is 0 Å². The van der Waals surface area contributed by atoms with Gasteiger partial charge in [-0.25, -0.2) is 0 Å². The Balaban J connectivity index is 2.79. The molecule has 0 heterocycles. The van der Waals surface area contributed by atoms with Crippen molar-refractivity contribution in [1.29, 1.82) is 0 Å². The molecule has 2 atom stereocenters. The second-order valence-corrected chi connectivity index (χ2v) is 7.07. The van der Waals surface area contributed by atoms with E-state index in [2.05, 4.69) is 58.1 Å². The largest absolute Gasteiger partial charge is 0.311 e. The highest BCUT2D eigenvalue weighted by Gasteiger charge is 2.18. The summed E-state index contributed by atoms with van der Waals surface area (Å²) in [6.07, 6.45) is 2.44. The summed E-state index contributed by atoms with van der Waals surface area (Å²) < 4.78 is 0. The summed E-state index contributed by atoms with van der Waals surface area (Å²) in [4.78, 5) is 0. The van der Waals surface area contributed by atoms with Gasteiger partial charge in [0.25, 0.3) is 0 Å². The van der Waals surface area contributed by atoms with E-state index in [9.17, 15) is 0 Å². The van der Waals surface area contributed by atoms with Crippen LogP contribution in [0.1, 0.15) is 58.9 Å². The van der Waals surface area contributed by atoms with Gasteiger partial charge in [-0.05, 0) is 56.7 Å². The summed E-state index contributed by atoms with van der Waals surface area (Å²) in [6.45, 7) is 12.2. The van der Waals surface area contributed by atoms with Crippen LogP contribution >= 0.6 is 11.6 Å². The van der Waals surface area contributed by atoms with E-state index < -0.39 is 0 Å². The van der Waals surface area contributed by atoms with Crippen LogP contribution < -0.4 is 5.32 Å². The molecule has 0 bridgehead atoms. The molecular formula is C17H28ClN. The van der Waals surface area contributed by atoms with Gasteiger partial charge in [-0.2, -0.15) is 0 Å². The lowest BCUT2D eigenvalue weighted by Gasteiger charge is -2.27. The molecule has 19 heavy (non-hydrogen) atoms. The maximum Gasteiger partial charge on any atom is 0.0408 e. The third-order valence-corrected chi connectivity index (χ3v) is 3.82. The third-order valence-electron chi connectivity index (χ3n) is 3.58. The van der Waals surface area contributed by atoms with Crippen molar-refractivity contribution in [3.63, 3.8) is 0 Å². The van der Waals surface area contributed by atoms with Crippen molar-refractivity contribution in [3.8, 4) is 0 Å². The zero-order valence-corrected chi connectivity index (χ0v) is 13.7. The van der Waals surface area contributed by atoms with Gasteiger partial charge in [0.05, 0.1) is 0 Å². The fraction of sp³-hybridized carbons (Fsp3) is 0.647. The summed E-state index contributed by atoms with van der Waals surface area (Å²) in [5.41, 5.74) is 1.51. The zero-order valence-electron chi connectivity index (χ0n) is 13.0. The number of hydrogen-bond donors (Lipinski definition) is 1. The number of halogens is 1. The first-order chi connectivity index (χ1) is 8.81. The van der Waals surface area contributed by atoms with Gasteiger partial charge in [-0.3, -0.25) is 0 Å². The molecule has 1 aromatic rings. The fourth-order valence-electron chi connectivity index (χ4n) is 2.18. The quantitative estimate of drug-likeness (QED) is 0.751. The Bertz CT molecular complexity index is 381. The Labute approximate surface area is 123 Å². The van der Waals surface area contributed by atoms with Crippen LogP contribution in [0.2, 0.25) is 5.02 Å². The second-order valence-electron chi connectivity index (χ2n) is 6.63. The highest BCUT2D eigenvalue weighted by Crippen LogP contribution is 2.27. The van der Waals surface area contributed by atoms with E-state index in [0.29, 0.717) is 5.92 Å². The molecule has 1 N–H and O–H groups in total. The smallest absolute Gasteiger partial charge is 0.0408 e. The summed E-state index contributed by atoms with van der Waals surface area (Å²) in [5, 5.41) is 4.46. The van der Waals surface area contributed by atoms with Crippen molar-refractivity contribution in [3.05, 3.63) is 34.9 Å². The van der Waals surface area contributed by atoms with E-state index in [0.717, 1.165) is 17.5 Å². The van der Waals surface area contributed by atoms with Crippen LogP contribution in [-0.2, 0) is 0 Å². The third kappa shape index (κ3) is 6.44. The highest BCUT2D eigenvalue weighted by atomic mass is 35.5. The van der Waals surface area contributed by atoms with Crippen LogP contribution in [0, 0.1) is 5.92 Å². The molecule has 0 fully saturated rings. The van der Waals surface area contributed by atoms with Crippen molar-refractivity contribution in [2.45, 2.75) is 58.9 Å². The molecule has 0 aliphatic rings. The molecule has 1 rings (SSSR count). The molecule has 0 saturated heterocycles. The molecule has 108 valence electrons. The first kappa shape index (κ1) is 16.5. The predicted octanol–water partition coefficient (Wildman–Crippen LogP) is 5.25. The first-order valence-electron chi connectivity index (χ1n) is 7.32. The van der Waals surface area contributed by atoms with Gasteiger partial charge in [0.1, 0.15) is 0 Å². The molecule has 2 unspecified atom stereocenters. The van der Waals surface area contributed by atoms with Gasteiger partial charge in [0, 0.05) is 17.1 Å². The molecule has 0 aromatic heterocycles. The van der Waals surface area contributed by atoms with Gasteiger partial charge >= 0.3 is 0 Å². The van der Waals surface area contributed by atoms with Gasteiger partial charge in [0.2, 0.25) is 0 Å². The average Bonchev–Trinajstić information content (AvgIpc) is 2.33. The van der Waals surface area contributed by atoms with E-state index in [4.69, 9.17) is 11.6 Å². The Morgan fingerprint density at radius 2 is 1.95 bits per heavy atom. The zero-order chi connectivity index (χ0) is 14.5. The normalized spacial score (nSPS) is 15.3. The second kappa shape index (κ2) is 7.31. The van der Waals surface area contributed by atoms with Gasteiger partial charge in [-0.15, -0.1) is 0 Å². The SMILES string of the molecule is CCC(C)CC(CNC(C)(C)C)c1cccc(Cl)c1. The lowest BCUT2D eigenvalue weighted by Crippen LogP contribution is -2.38. The monoisotopic (exact) mass is 281 g/mol. The lowest BCUT2D eigenvalue weighted by atomic mass is 9.88. The van der Waals surface area contributed by atoms with E-state index in [1.807, 2.05) is 6.07 Å². The van der Waals surface area contributed by atoms with E-state index in [1.165, 1.54) is 18.4 Å². The van der Waals surface area contributed by atoms with E-state index in [1.54, 1.807) is 0 Å². The standard InChI is InChI=1S/C17H28ClN/c1-6-13(2)10-15(12-19-17(3,4)5)14-8-7-9-16(18)11-14/h7-9,11,13,15,19H,6,10,12H2,1-5H3. The van der Waals surface area contributed by atoms with Crippen LogP contribution in [0.15, 0.2) is 24.3 Å². The Kier molecular flexibility index (Phi) is 6.35. The minimum atomic E-state index is 0.159. The molecule has 0 spiro atoms. The molecule has 0 amide bonds. The number of hydrogen-bond acceptors (Lipinski definition) is 1. The van der Waals surface area contributed by atoms with Gasteiger partial charge < -0.3 is 5.32 Å². The van der Waals surface area contributed by atoms with E-state index >= 15 is 0 Å². The molecule has 2 heteroatoms. The highest BCUT2D eigenvalue weighted by molar-refractivity contribution is 6.30. The van der Waals surface area contributed by atoms with Crippen LogP contribution in [0.4, 0.5) is 0 Å². The number of nitrogens with one attached hydrogen (secondary N) is 1. The lowest BCUT2D eigenvalue weighted by molar-refractivity contribution is 0.372. The topological polar surface area (TPSA) is 12.0 Å². The molecule has 1 nitrogen and oxygen atoms in total. The summed E-state index contributed by atoms with van der Waals surface area (Å²) in [7, 11) is 0. The summed E-state index contributed by atoms with van der Waals surface area (Å²) in [5.74, 6) is 1.28. The molecule has 1 aromatic carbocycles. The molecule has 0 saturated carbocycles. The Morgan fingerprint density at radius 1 is 1.26 bits per heavy atom. The predicted molar refractivity (Wildman–Crippen MR) is 86.0 cm³/mol. The van der Waals surface area contributed by atoms with Crippen LogP contribution in [0.5, 0.6) is 0 Å². The first-order valence-corrected chi connectivity index (χ1v) is 7.70. The molecule has 0 radical (unpaired) electrons. The molecular weight excluding hydrogens is 254 g/mol. The molecule has 0 aliphatic carbocycles. The van der Waals surface area contributed by atoms with Gasteiger partial charge in [-0.1, -0.05) is 44.0 Å². The Hall–Kier alpha value is -0.530. The van der Waals surface area contributed by atoms with Crippen molar-refractivity contribution >= 4 is 11.6 Å². The minimum Gasteiger partial charge on any atom is -0.311 e. The summed E-state index contributed by atoms with van der Waals surface area (Å²) in [6, 6.07) is 8.31. The fourth-order valence-corrected chi connectivity index (χ4v) is 2.38. The Morgan fingerprint density at radius 3 is 2.47 bits per heavy atom. The van der Waals surface area contributed by atoms with Crippen molar-refractivity contribution in [1.82, 2.24) is 5.32 Å². The van der Waals surface area contributed by atoms with Gasteiger partial charge in [0.15, 0.2) is 0 Å². The maximum atomic E-state index is 6.13. The van der Waals surface area contributed by atoms with Crippen molar-refractivity contribution in [2.24, 2.45) is 5.92 Å². The van der Waals surface area contributed by atoms with Crippen molar-refractivity contribution < 1.29 is 0 Å². The number of rotatable bonds is 6.